The van der Waals surface area contributed by atoms with Gasteiger partial charge in [0, 0.05) is 33.4 Å². The van der Waals surface area contributed by atoms with Crippen molar-refractivity contribution < 1.29 is 10.0 Å². The van der Waals surface area contributed by atoms with Crippen LogP contribution in [0.1, 0.15) is 5.56 Å². The van der Waals surface area contributed by atoms with Gasteiger partial charge in [0.2, 0.25) is 0 Å². The van der Waals surface area contributed by atoms with Gasteiger partial charge in [-0.3, -0.25) is 33.4 Å². The average Bonchev–Trinajstić information content (AvgIpc) is 2.67. The minimum atomic E-state index is -0.786. The van der Waals surface area contributed by atoms with Crippen LogP contribution in [0.3, 0.4) is 0 Å². The number of nitro groups is 1. The summed E-state index contributed by atoms with van der Waals surface area (Å²) in [6.07, 6.45) is 0.962. The predicted octanol–water partition coefficient (Wildman–Crippen LogP) is 0.300. The monoisotopic (exact) mass is 385 g/mol. The van der Waals surface area contributed by atoms with Gasteiger partial charge in [0.25, 0.3) is 16.8 Å². The molecular formula is C17H15N5O6. The number of fused-ring (bicyclic) bond motifs is 1. The SMILES string of the molecule is Cn1c(=O)c2c(O)c(C=Nc3ccccc3[N+](=O)[O-])c(=O)n(C)c2n(C)c1=O. The molecule has 3 aromatic rings. The maximum Gasteiger partial charge on any atom is 0.332 e. The Morgan fingerprint density at radius 3 is 2.32 bits per heavy atom. The van der Waals surface area contributed by atoms with E-state index in [9.17, 15) is 29.6 Å². The van der Waals surface area contributed by atoms with Crippen molar-refractivity contribution in [1.82, 2.24) is 13.7 Å². The van der Waals surface area contributed by atoms with Gasteiger partial charge < -0.3 is 5.11 Å². The Balaban J connectivity index is 2.36. The first-order chi connectivity index (χ1) is 13.2. The van der Waals surface area contributed by atoms with E-state index in [4.69, 9.17) is 0 Å². The lowest BCUT2D eigenvalue weighted by molar-refractivity contribution is -0.384. The second kappa shape index (κ2) is 6.61. The fraction of sp³-hybridized carbons (Fsp3) is 0.176. The van der Waals surface area contributed by atoms with Crippen molar-refractivity contribution in [2.24, 2.45) is 26.1 Å². The highest BCUT2D eigenvalue weighted by atomic mass is 16.6. The highest BCUT2D eigenvalue weighted by Crippen LogP contribution is 2.27. The zero-order valence-electron chi connectivity index (χ0n) is 15.1. The van der Waals surface area contributed by atoms with Crippen molar-refractivity contribution in [2.45, 2.75) is 0 Å². The van der Waals surface area contributed by atoms with Gasteiger partial charge >= 0.3 is 5.69 Å². The van der Waals surface area contributed by atoms with Crippen LogP contribution in [-0.2, 0) is 21.1 Å². The molecule has 28 heavy (non-hydrogen) atoms. The number of hydrogen-bond donors (Lipinski definition) is 1. The van der Waals surface area contributed by atoms with Crippen LogP contribution in [0.5, 0.6) is 5.75 Å². The minimum absolute atomic E-state index is 0.0255. The molecule has 0 aliphatic rings. The van der Waals surface area contributed by atoms with Gasteiger partial charge in [0.05, 0.1) is 4.92 Å². The first-order valence-electron chi connectivity index (χ1n) is 7.96. The van der Waals surface area contributed by atoms with E-state index in [0.717, 1.165) is 19.9 Å². The molecule has 2 heterocycles. The molecule has 0 radical (unpaired) electrons. The van der Waals surface area contributed by atoms with E-state index in [1.807, 2.05) is 0 Å². The molecule has 11 nitrogen and oxygen atoms in total. The Bertz CT molecular complexity index is 1350. The standard InChI is InChI=1S/C17H15N5O6/c1-19-14-12(16(25)21(3)17(26)20(14)2)13(23)9(15(19)24)8-18-10-6-4-5-7-11(10)22(27)28/h4-8,23H,1-3H3. The number of aromatic hydroxyl groups is 1. The molecule has 1 aromatic carbocycles. The van der Waals surface area contributed by atoms with Crippen molar-refractivity contribution in [1.29, 1.82) is 0 Å². The number of nitrogens with zero attached hydrogens (tertiary/aromatic N) is 5. The van der Waals surface area contributed by atoms with Gasteiger partial charge in [-0.05, 0) is 6.07 Å². The Labute approximate surface area is 156 Å². The molecule has 0 bridgehead atoms. The van der Waals surface area contributed by atoms with Crippen LogP contribution in [0.25, 0.3) is 11.0 Å². The fourth-order valence-corrected chi connectivity index (χ4v) is 2.92. The summed E-state index contributed by atoms with van der Waals surface area (Å²) in [4.78, 5) is 51.7. The smallest absolute Gasteiger partial charge is 0.332 e. The van der Waals surface area contributed by atoms with Crippen molar-refractivity contribution in [3.05, 3.63) is 71.1 Å². The topological polar surface area (TPSA) is 142 Å². The summed E-state index contributed by atoms with van der Waals surface area (Å²) in [5.41, 5.74) is -2.87. The second-order valence-electron chi connectivity index (χ2n) is 6.03. The van der Waals surface area contributed by atoms with Crippen molar-refractivity contribution in [3.63, 3.8) is 0 Å². The van der Waals surface area contributed by atoms with Crippen LogP contribution in [-0.4, -0.2) is 29.9 Å². The number of benzene rings is 1. The van der Waals surface area contributed by atoms with Gasteiger partial charge in [-0.15, -0.1) is 0 Å². The first-order valence-corrected chi connectivity index (χ1v) is 7.96. The molecule has 0 saturated heterocycles. The number of nitro benzene ring substituents is 1. The minimum Gasteiger partial charge on any atom is -0.506 e. The zero-order chi connectivity index (χ0) is 20.7. The summed E-state index contributed by atoms with van der Waals surface area (Å²) in [5, 5.41) is 21.4. The molecule has 1 N–H and O–H groups in total. The van der Waals surface area contributed by atoms with E-state index in [1.165, 1.54) is 45.4 Å². The maximum atomic E-state index is 12.7. The molecule has 3 rings (SSSR count). The van der Waals surface area contributed by atoms with E-state index < -0.39 is 27.5 Å². The number of rotatable bonds is 3. The summed E-state index contributed by atoms with van der Waals surface area (Å²) >= 11 is 0. The van der Waals surface area contributed by atoms with Crippen molar-refractivity contribution in [3.8, 4) is 5.75 Å². The Morgan fingerprint density at radius 2 is 1.68 bits per heavy atom. The Morgan fingerprint density at radius 1 is 1.04 bits per heavy atom. The molecule has 0 amide bonds. The third kappa shape index (κ3) is 2.69. The van der Waals surface area contributed by atoms with Crippen LogP contribution in [0.4, 0.5) is 11.4 Å². The van der Waals surface area contributed by atoms with Crippen LogP contribution < -0.4 is 16.8 Å². The van der Waals surface area contributed by atoms with E-state index in [1.54, 1.807) is 0 Å². The number of pyridine rings is 1. The van der Waals surface area contributed by atoms with Crippen LogP contribution in [0.15, 0.2) is 43.6 Å². The molecule has 0 spiro atoms. The van der Waals surface area contributed by atoms with E-state index in [0.29, 0.717) is 0 Å². The van der Waals surface area contributed by atoms with Crippen molar-refractivity contribution in [2.75, 3.05) is 0 Å². The largest absolute Gasteiger partial charge is 0.506 e. The molecule has 0 saturated carbocycles. The molecule has 144 valence electrons. The normalized spacial score (nSPS) is 11.4. The third-order valence-electron chi connectivity index (χ3n) is 4.39. The molecule has 0 atom stereocenters. The number of aromatic nitrogens is 3. The number of aliphatic imine (C=N–C) groups is 1. The predicted molar refractivity (Wildman–Crippen MR) is 102 cm³/mol. The van der Waals surface area contributed by atoms with Crippen LogP contribution in [0.2, 0.25) is 0 Å². The van der Waals surface area contributed by atoms with E-state index in [2.05, 4.69) is 4.99 Å². The zero-order valence-corrected chi connectivity index (χ0v) is 15.1. The lowest BCUT2D eigenvalue weighted by Gasteiger charge is -2.13. The number of aryl methyl sites for hydroxylation is 2. The molecule has 0 unspecified atom stereocenters. The lowest BCUT2D eigenvalue weighted by Crippen LogP contribution is -2.40. The maximum absolute atomic E-state index is 12.7. The van der Waals surface area contributed by atoms with Gasteiger partial charge in [-0.1, -0.05) is 12.1 Å². The Hall–Kier alpha value is -4.02. The third-order valence-corrected chi connectivity index (χ3v) is 4.39. The summed E-state index contributed by atoms with van der Waals surface area (Å²) in [6, 6.07) is 5.62. The van der Waals surface area contributed by atoms with Crippen LogP contribution in [0, 0.1) is 10.1 Å². The van der Waals surface area contributed by atoms with Gasteiger partial charge in [0.15, 0.2) is 0 Å². The molecule has 11 heteroatoms. The molecule has 0 aliphatic carbocycles. The van der Waals surface area contributed by atoms with Gasteiger partial charge in [-0.25, -0.2) is 9.79 Å². The fourth-order valence-electron chi connectivity index (χ4n) is 2.92. The quantitative estimate of drug-likeness (QED) is 0.390. The molecule has 0 fully saturated rings. The van der Waals surface area contributed by atoms with E-state index >= 15 is 0 Å². The lowest BCUT2D eigenvalue weighted by atomic mass is 10.2. The average molecular weight is 385 g/mol. The Kier molecular flexibility index (Phi) is 4.43. The van der Waals surface area contributed by atoms with E-state index in [-0.39, 0.29) is 28.0 Å². The summed E-state index contributed by atoms with van der Waals surface area (Å²) in [7, 11) is 3.95. The first kappa shape index (κ1) is 18.8. The van der Waals surface area contributed by atoms with Gasteiger partial charge in [0.1, 0.15) is 28.0 Å². The number of para-hydroxylation sites is 2. The highest BCUT2D eigenvalue weighted by molar-refractivity contribution is 5.94. The van der Waals surface area contributed by atoms with Crippen molar-refractivity contribution >= 4 is 28.6 Å². The summed E-state index contributed by atoms with van der Waals surface area (Å²) in [5.74, 6) is -0.656. The van der Waals surface area contributed by atoms with Crippen LogP contribution >= 0.6 is 0 Å². The second-order valence-corrected chi connectivity index (χ2v) is 6.03. The highest BCUT2D eigenvalue weighted by Gasteiger charge is 2.21. The molecular weight excluding hydrogens is 370 g/mol. The van der Waals surface area contributed by atoms with Gasteiger partial charge in [-0.2, -0.15) is 0 Å². The molecule has 0 aliphatic heterocycles. The number of hydrogen-bond acceptors (Lipinski definition) is 7. The summed E-state index contributed by atoms with van der Waals surface area (Å²) in [6.45, 7) is 0. The summed E-state index contributed by atoms with van der Waals surface area (Å²) < 4.78 is 2.91. The molecule has 2 aromatic heterocycles.